The first kappa shape index (κ1) is 21.0. The van der Waals surface area contributed by atoms with Gasteiger partial charge in [0.15, 0.2) is 6.61 Å². The summed E-state index contributed by atoms with van der Waals surface area (Å²) >= 11 is 3.32. The number of hydrogen-bond donors (Lipinski definition) is 1. The van der Waals surface area contributed by atoms with E-state index < -0.39 is 16.8 Å². The summed E-state index contributed by atoms with van der Waals surface area (Å²) in [6.45, 7) is -0.275. The second-order valence-electron chi connectivity index (χ2n) is 5.40. The lowest BCUT2D eigenvalue weighted by atomic mass is 10.1. The van der Waals surface area contributed by atoms with Gasteiger partial charge in [0, 0.05) is 21.7 Å². The van der Waals surface area contributed by atoms with Gasteiger partial charge in [-0.2, -0.15) is 5.10 Å². The van der Waals surface area contributed by atoms with E-state index in [4.69, 9.17) is 4.74 Å². The zero-order chi connectivity index (χ0) is 20.5. The number of nitro benzene ring substituents is 1. The number of halogens is 1. The zero-order valence-corrected chi connectivity index (χ0v) is 16.3. The van der Waals surface area contributed by atoms with E-state index >= 15 is 0 Å². The number of benzene rings is 2. The number of rotatable bonds is 8. The average molecular weight is 450 g/mol. The molecule has 28 heavy (non-hydrogen) atoms. The largest absolute Gasteiger partial charge is 0.481 e. The molecule has 0 heterocycles. The first-order chi connectivity index (χ1) is 13.4. The topological polar surface area (TPSA) is 120 Å². The summed E-state index contributed by atoms with van der Waals surface area (Å²) in [5, 5.41) is 14.8. The van der Waals surface area contributed by atoms with E-state index in [1.165, 1.54) is 31.5 Å². The second-order valence-corrected chi connectivity index (χ2v) is 6.32. The Morgan fingerprint density at radius 1 is 1.29 bits per heavy atom. The molecule has 2 aromatic rings. The van der Waals surface area contributed by atoms with Gasteiger partial charge in [0.1, 0.15) is 5.75 Å². The van der Waals surface area contributed by atoms with Gasteiger partial charge >= 0.3 is 5.97 Å². The van der Waals surface area contributed by atoms with Crippen molar-refractivity contribution in [3.8, 4) is 5.75 Å². The van der Waals surface area contributed by atoms with Crippen molar-refractivity contribution >= 4 is 39.7 Å². The fourth-order valence-corrected chi connectivity index (χ4v) is 2.55. The van der Waals surface area contributed by atoms with Crippen molar-refractivity contribution in [2.45, 2.75) is 6.42 Å². The Bertz CT molecular complexity index is 916. The minimum absolute atomic E-state index is 0.132. The van der Waals surface area contributed by atoms with Crippen molar-refractivity contribution in [1.29, 1.82) is 0 Å². The lowest BCUT2D eigenvalue weighted by Gasteiger charge is -2.08. The van der Waals surface area contributed by atoms with E-state index in [1.807, 2.05) is 0 Å². The van der Waals surface area contributed by atoms with Crippen LogP contribution in [0.4, 0.5) is 5.69 Å². The molecule has 9 nitrogen and oxygen atoms in total. The molecule has 0 saturated heterocycles. The molecule has 2 rings (SSSR count). The molecule has 0 fully saturated rings. The van der Waals surface area contributed by atoms with Gasteiger partial charge in [-0.15, -0.1) is 0 Å². The van der Waals surface area contributed by atoms with Crippen LogP contribution in [0.25, 0.3) is 0 Å². The number of hydrazone groups is 1. The smallest absolute Gasteiger partial charge is 0.343 e. The maximum Gasteiger partial charge on any atom is 0.343 e. The molecule has 0 atom stereocenters. The minimum atomic E-state index is -0.543. The minimum Gasteiger partial charge on any atom is -0.481 e. The molecule has 0 spiro atoms. The van der Waals surface area contributed by atoms with Gasteiger partial charge in [0.2, 0.25) is 5.91 Å². The Balaban J connectivity index is 2.04. The van der Waals surface area contributed by atoms with Crippen LogP contribution in [0.15, 0.2) is 52.0 Å². The standard InChI is InChI=1S/C18H16BrN3O6/c1-27-18(24)11-28-16-7-6-14(19)8-13(16)10-20-21-17(23)9-12-4-2-3-5-15(12)22(25)26/h2-8,10H,9,11H2,1H3,(H,21,23)/b20-10+. The number of para-hydroxylation sites is 1. The summed E-state index contributed by atoms with van der Waals surface area (Å²) in [7, 11) is 1.25. The number of esters is 1. The third-order valence-corrected chi connectivity index (χ3v) is 3.97. The summed E-state index contributed by atoms with van der Waals surface area (Å²) in [6.07, 6.45) is 1.15. The fraction of sp³-hybridized carbons (Fsp3) is 0.167. The van der Waals surface area contributed by atoms with E-state index in [-0.39, 0.29) is 24.3 Å². The van der Waals surface area contributed by atoms with Gasteiger partial charge in [-0.3, -0.25) is 14.9 Å². The molecule has 1 N–H and O–H groups in total. The summed E-state index contributed by atoms with van der Waals surface area (Å²) < 4.78 is 10.6. The van der Waals surface area contributed by atoms with Crippen molar-refractivity contribution in [3.63, 3.8) is 0 Å². The van der Waals surface area contributed by atoms with Crippen LogP contribution in [0.3, 0.4) is 0 Å². The lowest BCUT2D eigenvalue weighted by Crippen LogP contribution is -2.20. The molecule has 146 valence electrons. The predicted molar refractivity (Wildman–Crippen MR) is 104 cm³/mol. The third-order valence-electron chi connectivity index (χ3n) is 3.48. The predicted octanol–water partition coefficient (Wildman–Crippen LogP) is 2.60. The molecule has 0 aliphatic carbocycles. The number of amides is 1. The molecule has 0 aliphatic rings. The van der Waals surface area contributed by atoms with Crippen LogP contribution in [0.2, 0.25) is 0 Å². The number of ether oxygens (including phenoxy) is 2. The molecule has 10 heteroatoms. The molecule has 0 aromatic heterocycles. The summed E-state index contributed by atoms with van der Waals surface area (Å²) in [5.41, 5.74) is 2.97. The van der Waals surface area contributed by atoms with Gasteiger partial charge in [0.25, 0.3) is 5.69 Å². The highest BCUT2D eigenvalue weighted by molar-refractivity contribution is 9.10. The van der Waals surface area contributed by atoms with Crippen LogP contribution in [-0.2, 0) is 20.7 Å². The molecule has 0 unspecified atom stereocenters. The van der Waals surface area contributed by atoms with Crippen molar-refractivity contribution in [2.24, 2.45) is 5.10 Å². The van der Waals surface area contributed by atoms with Gasteiger partial charge in [-0.05, 0) is 18.2 Å². The van der Waals surface area contributed by atoms with Crippen molar-refractivity contribution < 1.29 is 24.0 Å². The normalized spacial score (nSPS) is 10.5. The Morgan fingerprint density at radius 3 is 2.75 bits per heavy atom. The Labute approximate surface area is 168 Å². The first-order valence-corrected chi connectivity index (χ1v) is 8.73. The Morgan fingerprint density at radius 2 is 2.04 bits per heavy atom. The van der Waals surface area contributed by atoms with E-state index in [0.29, 0.717) is 11.3 Å². The van der Waals surface area contributed by atoms with Gasteiger partial charge in [-0.25, -0.2) is 10.2 Å². The number of nitrogens with zero attached hydrogens (tertiary/aromatic N) is 2. The average Bonchev–Trinajstić information content (AvgIpc) is 2.67. The molecule has 0 saturated carbocycles. The third kappa shape index (κ3) is 6.16. The van der Waals surface area contributed by atoms with E-state index in [9.17, 15) is 19.7 Å². The quantitative estimate of drug-likeness (QED) is 0.286. The van der Waals surface area contributed by atoms with Gasteiger partial charge < -0.3 is 9.47 Å². The Hall–Kier alpha value is -3.27. The second kappa shape index (κ2) is 10.2. The van der Waals surface area contributed by atoms with Gasteiger partial charge in [0.05, 0.1) is 24.7 Å². The summed E-state index contributed by atoms with van der Waals surface area (Å²) in [5.74, 6) is -0.688. The molecular weight excluding hydrogens is 434 g/mol. The number of carbonyl (C=O) groups excluding carboxylic acids is 2. The number of nitrogens with one attached hydrogen (secondary N) is 1. The van der Waals surface area contributed by atoms with Crippen LogP contribution >= 0.6 is 15.9 Å². The lowest BCUT2D eigenvalue weighted by molar-refractivity contribution is -0.385. The molecule has 0 radical (unpaired) electrons. The van der Waals surface area contributed by atoms with Crippen LogP contribution < -0.4 is 10.2 Å². The van der Waals surface area contributed by atoms with E-state index in [0.717, 1.165) is 4.47 Å². The highest BCUT2D eigenvalue weighted by Gasteiger charge is 2.15. The van der Waals surface area contributed by atoms with Crippen LogP contribution in [0.5, 0.6) is 5.75 Å². The maximum atomic E-state index is 12.0. The zero-order valence-electron chi connectivity index (χ0n) is 14.8. The number of nitro groups is 1. The number of methoxy groups -OCH3 is 1. The summed E-state index contributed by atoms with van der Waals surface area (Å²) in [6, 6.07) is 11.0. The van der Waals surface area contributed by atoms with Crippen LogP contribution in [0.1, 0.15) is 11.1 Å². The van der Waals surface area contributed by atoms with Gasteiger partial charge in [-0.1, -0.05) is 34.1 Å². The number of carbonyl (C=O) groups is 2. The molecule has 1 amide bonds. The SMILES string of the molecule is COC(=O)COc1ccc(Br)cc1/C=N/NC(=O)Cc1ccccc1[N+](=O)[O-]. The molecule has 0 bridgehead atoms. The molecular formula is C18H16BrN3O6. The first-order valence-electron chi connectivity index (χ1n) is 7.94. The van der Waals surface area contributed by atoms with Crippen molar-refractivity contribution in [3.05, 3.63) is 68.2 Å². The molecule has 0 aliphatic heterocycles. The van der Waals surface area contributed by atoms with Crippen LogP contribution in [-0.4, -0.2) is 36.7 Å². The molecule has 2 aromatic carbocycles. The monoisotopic (exact) mass is 449 g/mol. The highest BCUT2D eigenvalue weighted by Crippen LogP contribution is 2.22. The van der Waals surface area contributed by atoms with E-state index in [2.05, 4.69) is 31.2 Å². The maximum absolute atomic E-state index is 12.0. The van der Waals surface area contributed by atoms with Crippen LogP contribution in [0, 0.1) is 10.1 Å². The van der Waals surface area contributed by atoms with Crippen molar-refractivity contribution in [2.75, 3.05) is 13.7 Å². The fourth-order valence-electron chi connectivity index (χ4n) is 2.17. The number of hydrogen-bond acceptors (Lipinski definition) is 7. The highest BCUT2D eigenvalue weighted by atomic mass is 79.9. The van der Waals surface area contributed by atoms with Crippen molar-refractivity contribution in [1.82, 2.24) is 5.43 Å². The summed E-state index contributed by atoms with van der Waals surface area (Å²) in [4.78, 5) is 33.7. The van der Waals surface area contributed by atoms with E-state index in [1.54, 1.807) is 24.3 Å². The Kier molecular flexibility index (Phi) is 7.64.